The second-order valence-electron chi connectivity index (χ2n) is 2.60. The van der Waals surface area contributed by atoms with Crippen LogP contribution in [0, 0.1) is 21.4 Å². The van der Waals surface area contributed by atoms with Crippen molar-refractivity contribution in [2.24, 2.45) is 4.99 Å². The number of rotatable bonds is 3. The van der Waals surface area contributed by atoms with Gasteiger partial charge in [0.1, 0.15) is 6.07 Å². The minimum absolute atomic E-state index is 0.174. The second kappa shape index (κ2) is 5.04. The molecule has 0 aliphatic heterocycles. The number of allylic oxidation sites excluding steroid dienone is 1. The molecular formula is C8H11N3O2. The SMILES string of the molecule is CC/C(C#N)=N\C(=C(C)C)[N+](=O)[O-]. The Morgan fingerprint density at radius 3 is 2.38 bits per heavy atom. The number of hydrogen-bond donors (Lipinski definition) is 0. The van der Waals surface area contributed by atoms with Crippen LogP contribution in [-0.2, 0) is 0 Å². The largest absolute Gasteiger partial charge is 0.363 e. The van der Waals surface area contributed by atoms with Crippen LogP contribution in [0.25, 0.3) is 0 Å². The molecule has 0 spiro atoms. The van der Waals surface area contributed by atoms with Gasteiger partial charge >= 0.3 is 5.82 Å². The summed E-state index contributed by atoms with van der Waals surface area (Å²) in [7, 11) is 0. The van der Waals surface area contributed by atoms with Crippen molar-refractivity contribution in [3.8, 4) is 6.07 Å². The standard InChI is InChI=1S/C8H11N3O2/c1-4-7(5-9)10-8(6(2)3)11(12)13/h4H2,1-3H3/b10-7+. The topological polar surface area (TPSA) is 79.3 Å². The molecule has 5 nitrogen and oxygen atoms in total. The van der Waals surface area contributed by atoms with Gasteiger partial charge in [0, 0.05) is 12.0 Å². The van der Waals surface area contributed by atoms with Gasteiger partial charge in [0.25, 0.3) is 0 Å². The minimum Gasteiger partial charge on any atom is -0.358 e. The van der Waals surface area contributed by atoms with Crippen LogP contribution in [0.5, 0.6) is 0 Å². The van der Waals surface area contributed by atoms with Gasteiger partial charge in [-0.1, -0.05) is 6.92 Å². The molecule has 0 aliphatic rings. The lowest BCUT2D eigenvalue weighted by molar-refractivity contribution is -0.427. The van der Waals surface area contributed by atoms with E-state index in [1.54, 1.807) is 26.8 Å². The summed E-state index contributed by atoms with van der Waals surface area (Å²) >= 11 is 0. The van der Waals surface area contributed by atoms with Gasteiger partial charge < -0.3 is 10.1 Å². The molecule has 0 saturated carbocycles. The molecule has 0 aromatic rings. The highest BCUT2D eigenvalue weighted by molar-refractivity contribution is 5.98. The third kappa shape index (κ3) is 3.47. The molecule has 70 valence electrons. The highest BCUT2D eigenvalue weighted by Gasteiger charge is 2.13. The predicted molar refractivity (Wildman–Crippen MR) is 48.7 cm³/mol. The Labute approximate surface area is 76.5 Å². The van der Waals surface area contributed by atoms with Gasteiger partial charge in [-0.15, -0.1) is 0 Å². The third-order valence-corrected chi connectivity index (χ3v) is 1.32. The molecule has 0 aromatic carbocycles. The Bertz CT molecular complexity index is 306. The molecular weight excluding hydrogens is 170 g/mol. The van der Waals surface area contributed by atoms with E-state index >= 15 is 0 Å². The highest BCUT2D eigenvalue weighted by Crippen LogP contribution is 2.06. The Hall–Kier alpha value is -1.70. The Balaban J connectivity index is 5.06. The van der Waals surface area contributed by atoms with Crippen molar-refractivity contribution in [3.63, 3.8) is 0 Å². The van der Waals surface area contributed by atoms with E-state index in [1.807, 2.05) is 0 Å². The van der Waals surface area contributed by atoms with Crippen molar-refractivity contribution in [1.82, 2.24) is 0 Å². The molecule has 0 heterocycles. The zero-order valence-electron chi connectivity index (χ0n) is 7.87. The van der Waals surface area contributed by atoms with Gasteiger partial charge in [0.15, 0.2) is 0 Å². The quantitative estimate of drug-likeness (QED) is 0.379. The van der Waals surface area contributed by atoms with Crippen molar-refractivity contribution >= 4 is 5.71 Å². The summed E-state index contributed by atoms with van der Waals surface area (Å²) in [5, 5.41) is 19.0. The van der Waals surface area contributed by atoms with E-state index in [1.165, 1.54) is 0 Å². The molecule has 0 fully saturated rings. The summed E-state index contributed by atoms with van der Waals surface area (Å²) in [5.41, 5.74) is 0.666. The fourth-order valence-corrected chi connectivity index (χ4v) is 0.646. The normalized spacial score (nSPS) is 10.5. The zero-order chi connectivity index (χ0) is 10.4. The molecule has 0 unspecified atom stereocenters. The van der Waals surface area contributed by atoms with Crippen molar-refractivity contribution in [1.29, 1.82) is 5.26 Å². The maximum Gasteiger partial charge on any atom is 0.363 e. The molecule has 0 atom stereocenters. The van der Waals surface area contributed by atoms with E-state index in [0.717, 1.165) is 0 Å². The molecule has 0 rings (SSSR count). The van der Waals surface area contributed by atoms with Gasteiger partial charge in [-0.25, -0.2) is 0 Å². The lowest BCUT2D eigenvalue weighted by atomic mass is 10.3. The van der Waals surface area contributed by atoms with E-state index in [-0.39, 0.29) is 11.5 Å². The van der Waals surface area contributed by atoms with Crippen LogP contribution in [0.4, 0.5) is 0 Å². The summed E-state index contributed by atoms with van der Waals surface area (Å²) in [4.78, 5) is 13.5. The maximum atomic E-state index is 10.4. The van der Waals surface area contributed by atoms with Crippen molar-refractivity contribution < 1.29 is 4.92 Å². The Morgan fingerprint density at radius 2 is 2.15 bits per heavy atom. The number of aliphatic imine (C=N–C) groups is 1. The van der Waals surface area contributed by atoms with E-state index in [9.17, 15) is 10.1 Å². The average molecular weight is 181 g/mol. The lowest BCUT2D eigenvalue weighted by Gasteiger charge is -1.94. The van der Waals surface area contributed by atoms with Crippen molar-refractivity contribution in [2.45, 2.75) is 27.2 Å². The Kier molecular flexibility index (Phi) is 4.38. The van der Waals surface area contributed by atoms with Crippen LogP contribution in [0.1, 0.15) is 27.2 Å². The lowest BCUT2D eigenvalue weighted by Crippen LogP contribution is -2.02. The van der Waals surface area contributed by atoms with Crippen LogP contribution in [-0.4, -0.2) is 10.6 Å². The molecule has 0 amide bonds. The second-order valence-corrected chi connectivity index (χ2v) is 2.60. The van der Waals surface area contributed by atoms with Gasteiger partial charge in [0.2, 0.25) is 5.71 Å². The van der Waals surface area contributed by atoms with E-state index < -0.39 is 4.92 Å². The molecule has 0 bridgehead atoms. The van der Waals surface area contributed by atoms with E-state index in [0.29, 0.717) is 12.0 Å². The highest BCUT2D eigenvalue weighted by atomic mass is 16.6. The Morgan fingerprint density at radius 1 is 1.62 bits per heavy atom. The molecule has 0 N–H and O–H groups in total. The smallest absolute Gasteiger partial charge is 0.358 e. The first-order valence-electron chi connectivity index (χ1n) is 3.82. The van der Waals surface area contributed by atoms with Crippen molar-refractivity contribution in [2.75, 3.05) is 0 Å². The molecule has 0 radical (unpaired) electrons. The van der Waals surface area contributed by atoms with Gasteiger partial charge in [0.05, 0.1) is 0 Å². The predicted octanol–water partition coefficient (Wildman–Crippen LogP) is 1.89. The van der Waals surface area contributed by atoms with Crippen LogP contribution < -0.4 is 0 Å². The molecule has 0 aromatic heterocycles. The monoisotopic (exact) mass is 181 g/mol. The summed E-state index contributed by atoms with van der Waals surface area (Å²) < 4.78 is 0. The van der Waals surface area contributed by atoms with E-state index in [2.05, 4.69) is 4.99 Å². The number of nitriles is 1. The fourth-order valence-electron chi connectivity index (χ4n) is 0.646. The van der Waals surface area contributed by atoms with Crippen LogP contribution in [0.15, 0.2) is 16.4 Å². The first kappa shape index (κ1) is 11.3. The number of hydrogen-bond acceptors (Lipinski definition) is 4. The first-order chi connectivity index (χ1) is 6.02. The average Bonchev–Trinajstić information content (AvgIpc) is 2.05. The summed E-state index contributed by atoms with van der Waals surface area (Å²) in [5.74, 6) is -0.238. The van der Waals surface area contributed by atoms with Gasteiger partial charge in [-0.05, 0) is 23.8 Å². The molecule has 13 heavy (non-hydrogen) atoms. The maximum absolute atomic E-state index is 10.4. The molecule has 5 heteroatoms. The fraction of sp³-hybridized carbons (Fsp3) is 0.500. The molecule has 0 saturated heterocycles. The van der Waals surface area contributed by atoms with Crippen LogP contribution in [0.2, 0.25) is 0 Å². The van der Waals surface area contributed by atoms with E-state index in [4.69, 9.17) is 5.26 Å². The van der Waals surface area contributed by atoms with Crippen molar-refractivity contribution in [3.05, 3.63) is 21.5 Å². The van der Waals surface area contributed by atoms with Crippen LogP contribution in [0.3, 0.4) is 0 Å². The zero-order valence-corrected chi connectivity index (χ0v) is 7.87. The summed E-state index contributed by atoms with van der Waals surface area (Å²) in [6, 6.07) is 1.80. The minimum atomic E-state index is -0.581. The van der Waals surface area contributed by atoms with Crippen LogP contribution >= 0.6 is 0 Å². The van der Waals surface area contributed by atoms with Gasteiger partial charge in [-0.2, -0.15) is 5.26 Å². The summed E-state index contributed by atoms with van der Waals surface area (Å²) in [6.07, 6.45) is 0.404. The number of nitrogens with zero attached hydrogens (tertiary/aromatic N) is 3. The van der Waals surface area contributed by atoms with Gasteiger partial charge in [-0.3, -0.25) is 0 Å². The first-order valence-corrected chi connectivity index (χ1v) is 3.82. The number of nitro groups is 1. The summed E-state index contributed by atoms with van der Waals surface area (Å²) in [6.45, 7) is 4.91. The third-order valence-electron chi connectivity index (χ3n) is 1.32. The molecule has 0 aliphatic carbocycles.